The van der Waals surface area contributed by atoms with Gasteiger partial charge in [-0.3, -0.25) is 0 Å². The van der Waals surface area contributed by atoms with Crippen molar-refractivity contribution in [1.29, 1.82) is 0 Å². The summed E-state index contributed by atoms with van der Waals surface area (Å²) < 4.78 is 0. The fraction of sp³-hybridized carbons (Fsp3) is 0.385. The second-order valence-electron chi connectivity index (χ2n) is 4.19. The summed E-state index contributed by atoms with van der Waals surface area (Å²) in [5, 5.41) is 13.4. The van der Waals surface area contributed by atoms with Crippen LogP contribution in [0.25, 0.3) is 10.6 Å². The molecule has 0 unspecified atom stereocenters. The zero-order valence-corrected chi connectivity index (χ0v) is 11.5. The van der Waals surface area contributed by atoms with Crippen LogP contribution in [-0.4, -0.2) is 16.7 Å². The Morgan fingerprint density at radius 2 is 1.76 bits per heavy atom. The summed E-state index contributed by atoms with van der Waals surface area (Å²) in [5.41, 5.74) is 5.07. The minimum absolute atomic E-state index is 0.876. The van der Waals surface area contributed by atoms with Crippen molar-refractivity contribution in [3.05, 3.63) is 28.8 Å². The van der Waals surface area contributed by atoms with Crippen molar-refractivity contribution in [2.75, 3.05) is 11.9 Å². The van der Waals surface area contributed by atoms with E-state index in [2.05, 4.69) is 55.3 Å². The van der Waals surface area contributed by atoms with Crippen molar-refractivity contribution < 1.29 is 0 Å². The molecule has 0 radical (unpaired) electrons. The summed E-state index contributed by atoms with van der Waals surface area (Å²) in [6, 6.07) is 4.40. The highest BCUT2D eigenvalue weighted by molar-refractivity contribution is 7.18. The third kappa shape index (κ3) is 2.47. The predicted molar refractivity (Wildman–Crippen MR) is 73.7 cm³/mol. The van der Waals surface area contributed by atoms with E-state index < -0.39 is 0 Å². The fourth-order valence-corrected chi connectivity index (χ4v) is 2.64. The molecule has 1 N–H and O–H groups in total. The van der Waals surface area contributed by atoms with Crippen molar-refractivity contribution in [1.82, 2.24) is 10.2 Å². The predicted octanol–water partition coefficient (Wildman–Crippen LogP) is 3.56. The van der Waals surface area contributed by atoms with Crippen LogP contribution in [0.2, 0.25) is 0 Å². The van der Waals surface area contributed by atoms with Gasteiger partial charge >= 0.3 is 0 Å². The maximum atomic E-state index is 4.24. The zero-order chi connectivity index (χ0) is 12.4. The summed E-state index contributed by atoms with van der Waals surface area (Å²) in [4.78, 5) is 0. The SMILES string of the molecule is CCNc1nnc(-c2cc(C)c(C)cc2C)s1. The van der Waals surface area contributed by atoms with Crippen molar-refractivity contribution in [3.63, 3.8) is 0 Å². The van der Waals surface area contributed by atoms with E-state index in [1.807, 2.05) is 0 Å². The van der Waals surface area contributed by atoms with Gasteiger partial charge in [0, 0.05) is 12.1 Å². The number of benzene rings is 1. The number of hydrogen-bond donors (Lipinski definition) is 1. The molecule has 2 aromatic rings. The summed E-state index contributed by atoms with van der Waals surface area (Å²) >= 11 is 1.61. The van der Waals surface area contributed by atoms with Crippen LogP contribution in [0.1, 0.15) is 23.6 Å². The van der Waals surface area contributed by atoms with E-state index in [1.165, 1.54) is 22.3 Å². The Morgan fingerprint density at radius 1 is 1.06 bits per heavy atom. The first kappa shape index (κ1) is 12.0. The van der Waals surface area contributed by atoms with Gasteiger partial charge in [0.2, 0.25) is 5.13 Å². The Morgan fingerprint density at radius 3 is 2.47 bits per heavy atom. The molecule has 0 aliphatic carbocycles. The van der Waals surface area contributed by atoms with E-state index in [4.69, 9.17) is 0 Å². The number of rotatable bonds is 3. The Kier molecular flexibility index (Phi) is 3.43. The molecule has 0 amide bonds. The van der Waals surface area contributed by atoms with Crippen molar-refractivity contribution >= 4 is 16.5 Å². The molecule has 1 heterocycles. The second-order valence-corrected chi connectivity index (χ2v) is 5.17. The molecule has 0 aliphatic heterocycles. The van der Waals surface area contributed by atoms with Crippen LogP contribution < -0.4 is 5.32 Å². The molecule has 1 aromatic carbocycles. The lowest BCUT2D eigenvalue weighted by Crippen LogP contribution is -1.94. The standard InChI is InChI=1S/C13H17N3S/c1-5-14-13-16-15-12(17-13)11-7-9(3)8(2)6-10(11)4/h6-7H,5H2,1-4H3,(H,14,16). The molecule has 1 aromatic heterocycles. The maximum absolute atomic E-state index is 4.24. The van der Waals surface area contributed by atoms with Gasteiger partial charge in [-0.1, -0.05) is 17.4 Å². The van der Waals surface area contributed by atoms with Gasteiger partial charge in [0.15, 0.2) is 0 Å². The number of hydrogen-bond acceptors (Lipinski definition) is 4. The molecule has 2 rings (SSSR count). The number of nitrogens with zero attached hydrogens (tertiary/aromatic N) is 2. The number of aromatic nitrogens is 2. The van der Waals surface area contributed by atoms with E-state index in [1.54, 1.807) is 11.3 Å². The summed E-state index contributed by atoms with van der Waals surface area (Å²) in [5.74, 6) is 0. The van der Waals surface area contributed by atoms with Crippen LogP contribution in [0, 0.1) is 20.8 Å². The third-order valence-electron chi connectivity index (χ3n) is 2.82. The van der Waals surface area contributed by atoms with Crippen LogP contribution >= 0.6 is 11.3 Å². The number of nitrogens with one attached hydrogen (secondary N) is 1. The van der Waals surface area contributed by atoms with Gasteiger partial charge in [-0.25, -0.2) is 0 Å². The third-order valence-corrected chi connectivity index (χ3v) is 3.74. The maximum Gasteiger partial charge on any atom is 0.205 e. The molecule has 0 bridgehead atoms. The summed E-state index contributed by atoms with van der Waals surface area (Å²) in [6.45, 7) is 9.32. The van der Waals surface area contributed by atoms with Crippen LogP contribution in [0.3, 0.4) is 0 Å². The van der Waals surface area contributed by atoms with Crippen LogP contribution in [-0.2, 0) is 0 Å². The summed E-state index contributed by atoms with van der Waals surface area (Å²) in [6.07, 6.45) is 0. The largest absolute Gasteiger partial charge is 0.360 e. The first-order chi connectivity index (χ1) is 8.11. The molecule has 90 valence electrons. The van der Waals surface area contributed by atoms with Gasteiger partial charge in [-0.15, -0.1) is 10.2 Å². The smallest absolute Gasteiger partial charge is 0.205 e. The van der Waals surface area contributed by atoms with Crippen molar-refractivity contribution in [3.8, 4) is 10.6 Å². The van der Waals surface area contributed by atoms with E-state index in [9.17, 15) is 0 Å². The molecule has 3 nitrogen and oxygen atoms in total. The first-order valence-electron chi connectivity index (χ1n) is 5.77. The molecule has 4 heteroatoms. The van der Waals surface area contributed by atoms with Gasteiger partial charge in [0.05, 0.1) is 0 Å². The highest BCUT2D eigenvalue weighted by atomic mass is 32.1. The number of aryl methyl sites for hydroxylation is 3. The van der Waals surface area contributed by atoms with Crippen LogP contribution in [0.15, 0.2) is 12.1 Å². The van der Waals surface area contributed by atoms with E-state index in [-0.39, 0.29) is 0 Å². The minimum Gasteiger partial charge on any atom is -0.360 e. The molecular weight excluding hydrogens is 230 g/mol. The lowest BCUT2D eigenvalue weighted by Gasteiger charge is -2.06. The van der Waals surface area contributed by atoms with E-state index in [0.29, 0.717) is 0 Å². The molecular formula is C13H17N3S. The summed E-state index contributed by atoms with van der Waals surface area (Å²) in [7, 11) is 0. The molecule has 0 atom stereocenters. The molecule has 17 heavy (non-hydrogen) atoms. The van der Waals surface area contributed by atoms with Gasteiger partial charge < -0.3 is 5.32 Å². The molecule has 0 fully saturated rings. The van der Waals surface area contributed by atoms with E-state index >= 15 is 0 Å². The second kappa shape index (κ2) is 4.84. The Hall–Kier alpha value is -1.42. The molecule has 0 saturated heterocycles. The van der Waals surface area contributed by atoms with Crippen LogP contribution in [0.4, 0.5) is 5.13 Å². The van der Waals surface area contributed by atoms with Gasteiger partial charge in [-0.05, 0) is 50.5 Å². The average molecular weight is 247 g/mol. The van der Waals surface area contributed by atoms with Crippen molar-refractivity contribution in [2.24, 2.45) is 0 Å². The van der Waals surface area contributed by atoms with Gasteiger partial charge in [-0.2, -0.15) is 0 Å². The fourth-order valence-electron chi connectivity index (χ4n) is 1.75. The number of anilines is 1. The first-order valence-corrected chi connectivity index (χ1v) is 6.59. The minimum atomic E-state index is 0.876. The lowest BCUT2D eigenvalue weighted by atomic mass is 10.0. The average Bonchev–Trinajstić information content (AvgIpc) is 2.72. The van der Waals surface area contributed by atoms with E-state index in [0.717, 1.165) is 16.7 Å². The highest BCUT2D eigenvalue weighted by Crippen LogP contribution is 2.30. The quantitative estimate of drug-likeness (QED) is 0.901. The zero-order valence-electron chi connectivity index (χ0n) is 10.7. The Balaban J connectivity index is 2.41. The monoisotopic (exact) mass is 247 g/mol. The molecule has 0 spiro atoms. The van der Waals surface area contributed by atoms with Crippen molar-refractivity contribution in [2.45, 2.75) is 27.7 Å². The lowest BCUT2D eigenvalue weighted by molar-refractivity contribution is 1.07. The van der Waals surface area contributed by atoms with Gasteiger partial charge in [0.25, 0.3) is 0 Å². The topological polar surface area (TPSA) is 37.8 Å². The van der Waals surface area contributed by atoms with Crippen LogP contribution in [0.5, 0.6) is 0 Å². The molecule has 0 saturated carbocycles. The Labute approximate surface area is 106 Å². The highest BCUT2D eigenvalue weighted by Gasteiger charge is 2.10. The molecule has 0 aliphatic rings. The van der Waals surface area contributed by atoms with Gasteiger partial charge in [0.1, 0.15) is 5.01 Å². The Bertz CT molecular complexity index is 531. The normalized spacial score (nSPS) is 10.6.